The maximum absolute atomic E-state index is 13.2. The molecule has 0 aromatic heterocycles. The maximum atomic E-state index is 13.2. The van der Waals surface area contributed by atoms with Gasteiger partial charge in [0.25, 0.3) is 0 Å². The van der Waals surface area contributed by atoms with Crippen molar-refractivity contribution in [2.45, 2.75) is 26.4 Å². The van der Waals surface area contributed by atoms with Gasteiger partial charge in [-0.25, -0.2) is 9.18 Å². The zero-order chi connectivity index (χ0) is 13.2. The molecule has 1 N–H and O–H groups in total. The summed E-state index contributed by atoms with van der Waals surface area (Å²) in [4.78, 5) is 11.5. The largest absolute Gasteiger partial charge is 0.444 e. The predicted octanol–water partition coefficient (Wildman–Crippen LogP) is 4.59. The molecule has 1 rings (SSSR count). The molecule has 0 heterocycles. The lowest BCUT2D eigenvalue weighted by molar-refractivity contribution is 0.0636. The van der Waals surface area contributed by atoms with Crippen LogP contribution < -0.4 is 5.32 Å². The Hall–Kier alpha value is -0.810. The lowest BCUT2D eigenvalue weighted by Crippen LogP contribution is -2.27. The Kier molecular flexibility index (Phi) is 4.38. The SMILES string of the molecule is CC(C)(C)OC(=O)Nc1cc(F)c(Br)cc1Cl. The Morgan fingerprint density at radius 2 is 2.06 bits per heavy atom. The summed E-state index contributed by atoms with van der Waals surface area (Å²) < 4.78 is 18.5. The Morgan fingerprint density at radius 1 is 1.47 bits per heavy atom. The second-order valence-electron chi connectivity index (χ2n) is 4.37. The van der Waals surface area contributed by atoms with Gasteiger partial charge in [0, 0.05) is 6.07 Å². The van der Waals surface area contributed by atoms with E-state index in [4.69, 9.17) is 16.3 Å². The summed E-state index contributed by atoms with van der Waals surface area (Å²) in [6, 6.07) is 2.49. The van der Waals surface area contributed by atoms with Crippen LogP contribution in [0.3, 0.4) is 0 Å². The molecule has 0 spiro atoms. The Bertz CT molecular complexity index is 446. The standard InChI is InChI=1S/C11H12BrClFNO2/c1-11(2,3)17-10(16)15-9-5-8(14)6(12)4-7(9)13/h4-5H,1-3H3,(H,15,16). The summed E-state index contributed by atoms with van der Waals surface area (Å²) in [6.45, 7) is 5.20. The van der Waals surface area contributed by atoms with Gasteiger partial charge in [0.15, 0.2) is 0 Å². The van der Waals surface area contributed by atoms with E-state index in [1.54, 1.807) is 20.8 Å². The molecular weight excluding hydrogens is 312 g/mol. The zero-order valence-electron chi connectivity index (χ0n) is 9.61. The van der Waals surface area contributed by atoms with Crippen LogP contribution in [0.15, 0.2) is 16.6 Å². The van der Waals surface area contributed by atoms with Crippen LogP contribution in [0, 0.1) is 5.82 Å². The molecule has 0 bridgehead atoms. The lowest BCUT2D eigenvalue weighted by atomic mass is 10.2. The van der Waals surface area contributed by atoms with E-state index in [0.29, 0.717) is 0 Å². The highest BCUT2D eigenvalue weighted by atomic mass is 79.9. The van der Waals surface area contributed by atoms with Crippen LogP contribution in [0.25, 0.3) is 0 Å². The number of carbonyl (C=O) groups excluding carboxylic acids is 1. The number of halogens is 3. The number of ether oxygens (including phenoxy) is 1. The topological polar surface area (TPSA) is 38.3 Å². The van der Waals surface area contributed by atoms with Crippen LogP contribution in [0.2, 0.25) is 5.02 Å². The van der Waals surface area contributed by atoms with Gasteiger partial charge < -0.3 is 4.74 Å². The van der Waals surface area contributed by atoms with Gasteiger partial charge in [-0.1, -0.05) is 11.6 Å². The summed E-state index contributed by atoms with van der Waals surface area (Å²) in [7, 11) is 0. The average Bonchev–Trinajstić information content (AvgIpc) is 2.11. The average molecular weight is 325 g/mol. The van der Waals surface area contributed by atoms with Crippen LogP contribution >= 0.6 is 27.5 Å². The fourth-order valence-corrected chi connectivity index (χ4v) is 1.72. The van der Waals surface area contributed by atoms with Crippen molar-refractivity contribution >= 4 is 39.3 Å². The van der Waals surface area contributed by atoms with E-state index in [1.165, 1.54) is 6.07 Å². The van der Waals surface area contributed by atoms with Crippen LogP contribution in [-0.4, -0.2) is 11.7 Å². The zero-order valence-corrected chi connectivity index (χ0v) is 11.9. The van der Waals surface area contributed by atoms with Crippen LogP contribution in [0.1, 0.15) is 20.8 Å². The first-order valence-electron chi connectivity index (χ1n) is 4.83. The molecule has 3 nitrogen and oxygen atoms in total. The van der Waals surface area contributed by atoms with E-state index >= 15 is 0 Å². The monoisotopic (exact) mass is 323 g/mol. The van der Waals surface area contributed by atoms with Gasteiger partial charge in [-0.3, -0.25) is 5.32 Å². The van der Waals surface area contributed by atoms with Crippen molar-refractivity contribution in [1.29, 1.82) is 0 Å². The van der Waals surface area contributed by atoms with Crippen molar-refractivity contribution in [3.05, 3.63) is 27.4 Å². The van der Waals surface area contributed by atoms with Crippen LogP contribution in [-0.2, 0) is 4.74 Å². The highest BCUT2D eigenvalue weighted by molar-refractivity contribution is 9.10. The van der Waals surface area contributed by atoms with E-state index in [9.17, 15) is 9.18 Å². The predicted molar refractivity (Wildman–Crippen MR) is 69.0 cm³/mol. The molecule has 0 unspecified atom stereocenters. The lowest BCUT2D eigenvalue weighted by Gasteiger charge is -2.20. The third-order valence-electron chi connectivity index (χ3n) is 1.65. The molecule has 0 atom stereocenters. The van der Waals surface area contributed by atoms with Gasteiger partial charge >= 0.3 is 6.09 Å². The molecule has 0 aliphatic rings. The second-order valence-corrected chi connectivity index (χ2v) is 5.63. The number of anilines is 1. The molecule has 0 fully saturated rings. The van der Waals surface area contributed by atoms with E-state index in [2.05, 4.69) is 21.2 Å². The van der Waals surface area contributed by atoms with Gasteiger partial charge in [0.05, 0.1) is 15.2 Å². The maximum Gasteiger partial charge on any atom is 0.412 e. The minimum absolute atomic E-state index is 0.168. The summed E-state index contributed by atoms with van der Waals surface area (Å²) in [6.07, 6.45) is -0.680. The highest BCUT2D eigenvalue weighted by Crippen LogP contribution is 2.28. The molecule has 6 heteroatoms. The van der Waals surface area contributed by atoms with Gasteiger partial charge in [-0.15, -0.1) is 0 Å². The first kappa shape index (κ1) is 14.3. The van der Waals surface area contributed by atoms with Gasteiger partial charge in [-0.05, 0) is 42.8 Å². The summed E-state index contributed by atoms with van der Waals surface area (Å²) >= 11 is 8.84. The Morgan fingerprint density at radius 3 is 2.59 bits per heavy atom. The first-order chi connectivity index (χ1) is 7.69. The molecule has 94 valence electrons. The number of amides is 1. The fraction of sp³-hybridized carbons (Fsp3) is 0.364. The number of benzene rings is 1. The molecule has 0 saturated heterocycles. The van der Waals surface area contributed by atoms with Crippen molar-refractivity contribution in [3.8, 4) is 0 Å². The smallest absolute Gasteiger partial charge is 0.412 e. The molecule has 0 aliphatic heterocycles. The number of hydrogen-bond donors (Lipinski definition) is 1. The number of carbonyl (C=O) groups is 1. The molecule has 0 radical (unpaired) electrons. The molecule has 0 saturated carbocycles. The summed E-state index contributed by atoms with van der Waals surface area (Å²) in [5.74, 6) is -0.513. The van der Waals surface area contributed by atoms with E-state index in [1.807, 2.05) is 0 Å². The molecular formula is C11H12BrClFNO2. The quantitative estimate of drug-likeness (QED) is 0.767. The minimum Gasteiger partial charge on any atom is -0.444 e. The van der Waals surface area contributed by atoms with E-state index in [0.717, 1.165) is 6.07 Å². The van der Waals surface area contributed by atoms with Gasteiger partial charge in [0.1, 0.15) is 11.4 Å². The molecule has 1 aromatic rings. The van der Waals surface area contributed by atoms with Crippen LogP contribution in [0.5, 0.6) is 0 Å². The van der Waals surface area contributed by atoms with Crippen molar-refractivity contribution in [2.75, 3.05) is 5.32 Å². The number of rotatable bonds is 1. The normalized spacial score (nSPS) is 11.2. The molecule has 17 heavy (non-hydrogen) atoms. The third kappa shape index (κ3) is 4.52. The minimum atomic E-state index is -0.680. The van der Waals surface area contributed by atoms with Crippen molar-refractivity contribution in [3.63, 3.8) is 0 Å². The number of hydrogen-bond acceptors (Lipinski definition) is 2. The molecule has 0 aliphatic carbocycles. The Balaban J connectivity index is 2.82. The molecule has 1 amide bonds. The van der Waals surface area contributed by atoms with Crippen molar-refractivity contribution in [1.82, 2.24) is 0 Å². The summed E-state index contributed by atoms with van der Waals surface area (Å²) in [5, 5.41) is 2.61. The van der Waals surface area contributed by atoms with Crippen molar-refractivity contribution in [2.24, 2.45) is 0 Å². The third-order valence-corrected chi connectivity index (χ3v) is 2.57. The number of nitrogens with one attached hydrogen (secondary N) is 1. The molecule has 1 aromatic carbocycles. The van der Waals surface area contributed by atoms with E-state index < -0.39 is 17.5 Å². The first-order valence-corrected chi connectivity index (χ1v) is 6.00. The fourth-order valence-electron chi connectivity index (χ4n) is 1.03. The Labute approximate surface area is 112 Å². The van der Waals surface area contributed by atoms with Crippen molar-refractivity contribution < 1.29 is 13.9 Å². The second kappa shape index (κ2) is 5.23. The summed E-state index contributed by atoms with van der Waals surface area (Å²) in [5.41, 5.74) is -0.452. The highest BCUT2D eigenvalue weighted by Gasteiger charge is 2.17. The van der Waals surface area contributed by atoms with E-state index in [-0.39, 0.29) is 15.2 Å². The van der Waals surface area contributed by atoms with Crippen LogP contribution in [0.4, 0.5) is 14.9 Å². The van der Waals surface area contributed by atoms with Gasteiger partial charge in [-0.2, -0.15) is 0 Å². The van der Waals surface area contributed by atoms with Gasteiger partial charge in [0.2, 0.25) is 0 Å².